The van der Waals surface area contributed by atoms with Gasteiger partial charge in [0.05, 0.1) is 24.9 Å². The molecule has 3 rings (SSSR count). The molecule has 3 fully saturated rings. The van der Waals surface area contributed by atoms with Crippen LogP contribution in [0.5, 0.6) is 0 Å². The van der Waals surface area contributed by atoms with Gasteiger partial charge in [0.15, 0.2) is 8.32 Å². The average molecular weight is 284 g/mol. The van der Waals surface area contributed by atoms with Crippen LogP contribution in [-0.4, -0.2) is 38.8 Å². The molecule has 0 radical (unpaired) electrons. The highest BCUT2D eigenvalue weighted by atomic mass is 28.4. The summed E-state index contributed by atoms with van der Waals surface area (Å²) in [7, 11) is -1.80. The Morgan fingerprint density at radius 1 is 1.37 bits per heavy atom. The SMILES string of the molecule is C=CC12COC(CC1O[Si](C)(C)C(C)(C)C)C(C)O2. The topological polar surface area (TPSA) is 27.7 Å². The molecule has 4 atom stereocenters. The monoisotopic (exact) mass is 284 g/mol. The molecule has 0 aromatic rings. The smallest absolute Gasteiger partial charge is 0.192 e. The zero-order chi connectivity index (χ0) is 14.5. The van der Waals surface area contributed by atoms with Gasteiger partial charge in [0.25, 0.3) is 0 Å². The predicted octanol–water partition coefficient (Wildman–Crippen LogP) is 3.51. The van der Waals surface area contributed by atoms with Crippen LogP contribution in [0, 0.1) is 0 Å². The van der Waals surface area contributed by atoms with Crippen LogP contribution in [-0.2, 0) is 13.9 Å². The first-order chi connectivity index (χ1) is 8.61. The summed E-state index contributed by atoms with van der Waals surface area (Å²) in [6.45, 7) is 18.0. The lowest BCUT2D eigenvalue weighted by atomic mass is 9.85. The zero-order valence-electron chi connectivity index (χ0n) is 13.2. The van der Waals surface area contributed by atoms with Gasteiger partial charge in [-0.05, 0) is 25.1 Å². The van der Waals surface area contributed by atoms with Gasteiger partial charge < -0.3 is 13.9 Å². The zero-order valence-corrected chi connectivity index (χ0v) is 14.2. The van der Waals surface area contributed by atoms with E-state index in [-0.39, 0.29) is 23.4 Å². The molecule has 3 aliphatic rings. The summed E-state index contributed by atoms with van der Waals surface area (Å²) in [4.78, 5) is 0. The minimum Gasteiger partial charge on any atom is -0.410 e. The van der Waals surface area contributed by atoms with Crippen molar-refractivity contribution in [2.45, 2.75) is 76.2 Å². The molecule has 0 aromatic heterocycles. The number of fused-ring (bicyclic) bond motifs is 3. The van der Waals surface area contributed by atoms with Gasteiger partial charge in [-0.3, -0.25) is 0 Å². The Hall–Kier alpha value is -0.163. The second kappa shape index (κ2) is 4.69. The molecule has 0 aromatic carbocycles. The quantitative estimate of drug-likeness (QED) is 0.586. The van der Waals surface area contributed by atoms with Gasteiger partial charge in [-0.15, -0.1) is 6.58 Å². The number of ether oxygens (including phenoxy) is 2. The number of hydrogen-bond acceptors (Lipinski definition) is 3. The molecule has 3 nitrogen and oxygen atoms in total. The van der Waals surface area contributed by atoms with Gasteiger partial charge in [0.2, 0.25) is 0 Å². The molecule has 0 spiro atoms. The Bertz CT molecular complexity index is 361. The molecule has 3 heterocycles. The molecule has 0 saturated carbocycles. The highest BCUT2D eigenvalue weighted by Gasteiger charge is 2.54. The highest BCUT2D eigenvalue weighted by Crippen LogP contribution is 2.44. The van der Waals surface area contributed by atoms with E-state index in [4.69, 9.17) is 13.9 Å². The number of rotatable bonds is 3. The van der Waals surface area contributed by atoms with E-state index in [1.165, 1.54) is 0 Å². The van der Waals surface area contributed by atoms with Crippen molar-refractivity contribution in [3.63, 3.8) is 0 Å². The van der Waals surface area contributed by atoms with Crippen LogP contribution in [0.1, 0.15) is 34.1 Å². The average Bonchev–Trinajstić information content (AvgIpc) is 2.29. The van der Waals surface area contributed by atoms with Crippen LogP contribution < -0.4 is 0 Å². The first-order valence-corrected chi connectivity index (χ1v) is 10.1. The lowest BCUT2D eigenvalue weighted by molar-refractivity contribution is -0.280. The van der Waals surface area contributed by atoms with E-state index in [9.17, 15) is 0 Å². The van der Waals surface area contributed by atoms with Crippen molar-refractivity contribution in [2.75, 3.05) is 6.61 Å². The summed E-state index contributed by atoms with van der Waals surface area (Å²) < 4.78 is 18.6. The second-order valence-corrected chi connectivity index (χ2v) is 12.2. The van der Waals surface area contributed by atoms with Gasteiger partial charge >= 0.3 is 0 Å². The molecule has 110 valence electrons. The lowest BCUT2D eigenvalue weighted by Crippen LogP contribution is -2.66. The standard InChI is InChI=1S/C15H28O3Si/c1-8-15-10-16-12(11(2)17-15)9-13(15)18-19(6,7)14(3,4)5/h8,11-13H,1,9-10H2,2-7H3. The van der Waals surface area contributed by atoms with Crippen molar-refractivity contribution in [2.24, 2.45) is 0 Å². The van der Waals surface area contributed by atoms with Crippen molar-refractivity contribution in [3.05, 3.63) is 12.7 Å². The van der Waals surface area contributed by atoms with E-state index in [1.807, 2.05) is 6.08 Å². The Morgan fingerprint density at radius 3 is 2.47 bits per heavy atom. The molecule has 0 N–H and O–H groups in total. The minimum atomic E-state index is -1.80. The molecule has 4 heteroatoms. The molecule has 3 saturated heterocycles. The Morgan fingerprint density at radius 2 is 2.00 bits per heavy atom. The fourth-order valence-corrected chi connectivity index (χ4v) is 3.95. The van der Waals surface area contributed by atoms with Crippen LogP contribution >= 0.6 is 0 Å². The Labute approximate surface area is 118 Å². The summed E-state index contributed by atoms with van der Waals surface area (Å²) in [5, 5.41) is 0.207. The molecule has 4 unspecified atom stereocenters. The second-order valence-electron chi connectivity index (χ2n) is 7.43. The first-order valence-electron chi connectivity index (χ1n) is 7.22. The van der Waals surface area contributed by atoms with Crippen LogP contribution in [0.25, 0.3) is 0 Å². The van der Waals surface area contributed by atoms with Crippen LogP contribution in [0.3, 0.4) is 0 Å². The van der Waals surface area contributed by atoms with E-state index >= 15 is 0 Å². The largest absolute Gasteiger partial charge is 0.410 e. The van der Waals surface area contributed by atoms with Crippen molar-refractivity contribution >= 4 is 8.32 Å². The minimum absolute atomic E-state index is 0.0841. The maximum absolute atomic E-state index is 6.58. The molecular formula is C15H28O3Si. The molecular weight excluding hydrogens is 256 g/mol. The third-order valence-corrected chi connectivity index (χ3v) is 9.52. The van der Waals surface area contributed by atoms with Crippen molar-refractivity contribution in [1.82, 2.24) is 0 Å². The van der Waals surface area contributed by atoms with Crippen LogP contribution in [0.2, 0.25) is 18.1 Å². The third-order valence-electron chi connectivity index (χ3n) is 5.03. The van der Waals surface area contributed by atoms with E-state index in [0.717, 1.165) is 6.42 Å². The maximum atomic E-state index is 6.58. The molecule has 3 aliphatic heterocycles. The summed E-state index contributed by atoms with van der Waals surface area (Å²) in [5.41, 5.74) is -0.455. The molecule has 19 heavy (non-hydrogen) atoms. The first kappa shape index (κ1) is 15.2. The summed E-state index contributed by atoms with van der Waals surface area (Å²) >= 11 is 0. The normalized spacial score (nSPS) is 39.4. The molecule has 0 amide bonds. The van der Waals surface area contributed by atoms with Gasteiger partial charge in [-0.25, -0.2) is 0 Å². The summed E-state index contributed by atoms with van der Waals surface area (Å²) in [6, 6.07) is 0. The predicted molar refractivity (Wildman–Crippen MR) is 79.9 cm³/mol. The van der Waals surface area contributed by atoms with Crippen LogP contribution in [0.4, 0.5) is 0 Å². The van der Waals surface area contributed by atoms with E-state index in [0.29, 0.717) is 6.61 Å². The Balaban J connectivity index is 2.19. The number of hydrogen-bond donors (Lipinski definition) is 0. The van der Waals surface area contributed by atoms with E-state index < -0.39 is 13.9 Å². The Kier molecular flexibility index (Phi) is 3.76. The maximum Gasteiger partial charge on any atom is 0.192 e. The molecule has 2 bridgehead atoms. The van der Waals surface area contributed by atoms with E-state index in [2.05, 4.69) is 47.4 Å². The van der Waals surface area contributed by atoms with Crippen molar-refractivity contribution in [3.8, 4) is 0 Å². The highest BCUT2D eigenvalue weighted by molar-refractivity contribution is 6.74. The lowest BCUT2D eigenvalue weighted by Gasteiger charge is -2.55. The van der Waals surface area contributed by atoms with Gasteiger partial charge in [0, 0.05) is 6.42 Å². The van der Waals surface area contributed by atoms with Crippen molar-refractivity contribution in [1.29, 1.82) is 0 Å². The van der Waals surface area contributed by atoms with Crippen molar-refractivity contribution < 1.29 is 13.9 Å². The third kappa shape index (κ3) is 2.56. The van der Waals surface area contributed by atoms with E-state index in [1.54, 1.807) is 0 Å². The van der Waals surface area contributed by atoms with Gasteiger partial charge in [-0.1, -0.05) is 26.8 Å². The van der Waals surface area contributed by atoms with Gasteiger partial charge in [0.1, 0.15) is 5.60 Å². The van der Waals surface area contributed by atoms with Crippen LogP contribution in [0.15, 0.2) is 12.7 Å². The summed E-state index contributed by atoms with van der Waals surface area (Å²) in [6.07, 6.45) is 3.18. The molecule has 0 aliphatic carbocycles. The van der Waals surface area contributed by atoms with Gasteiger partial charge in [-0.2, -0.15) is 0 Å². The fourth-order valence-electron chi connectivity index (χ4n) is 2.59. The fraction of sp³-hybridized carbons (Fsp3) is 0.867. The summed E-state index contributed by atoms with van der Waals surface area (Å²) in [5.74, 6) is 0.